The summed E-state index contributed by atoms with van der Waals surface area (Å²) in [4.78, 5) is 30.7. The van der Waals surface area contributed by atoms with Crippen molar-refractivity contribution in [2.24, 2.45) is 0 Å². The van der Waals surface area contributed by atoms with Crippen LogP contribution in [0.3, 0.4) is 0 Å². The van der Waals surface area contributed by atoms with E-state index in [4.69, 9.17) is 9.47 Å². The van der Waals surface area contributed by atoms with E-state index in [-0.39, 0.29) is 17.5 Å². The number of nitrogens with zero attached hydrogens (tertiary/aromatic N) is 4. The Morgan fingerprint density at radius 1 is 1.25 bits per heavy atom. The van der Waals surface area contributed by atoms with Crippen molar-refractivity contribution < 1.29 is 14.3 Å². The van der Waals surface area contributed by atoms with Gasteiger partial charge >= 0.3 is 0 Å². The minimum Gasteiger partial charge on any atom is -0.481 e. The molecule has 0 aliphatic carbocycles. The number of nitrogens with one attached hydrogen (secondary N) is 1. The second kappa shape index (κ2) is 9.32. The van der Waals surface area contributed by atoms with Crippen molar-refractivity contribution >= 4 is 11.6 Å². The van der Waals surface area contributed by atoms with Crippen LogP contribution in [0, 0.1) is 0 Å². The number of anilines is 1. The van der Waals surface area contributed by atoms with Gasteiger partial charge in [-0.3, -0.25) is 9.59 Å². The Kier molecular flexibility index (Phi) is 6.59. The predicted octanol–water partition coefficient (Wildman–Crippen LogP) is 0.692. The third kappa shape index (κ3) is 4.86. The van der Waals surface area contributed by atoms with Crippen molar-refractivity contribution in [1.29, 1.82) is 0 Å². The summed E-state index contributed by atoms with van der Waals surface area (Å²) < 4.78 is 11.4. The lowest BCUT2D eigenvalue weighted by Gasteiger charge is -2.33. The first-order valence-corrected chi connectivity index (χ1v) is 9.22. The lowest BCUT2D eigenvalue weighted by atomic mass is 10.0. The maximum absolute atomic E-state index is 12.4. The number of methoxy groups -OCH3 is 2. The highest BCUT2D eigenvalue weighted by molar-refractivity contribution is 5.94. The quantitative estimate of drug-likeness (QED) is 0.746. The summed E-state index contributed by atoms with van der Waals surface area (Å²) in [6.45, 7) is 2.37. The molecule has 0 spiro atoms. The SMILES string of the molecule is COCCn1ncc(N2CCC(NC(=O)c3ccc(OC)nc3)CC2)cc1=O. The van der Waals surface area contributed by atoms with Crippen LogP contribution in [0.2, 0.25) is 0 Å². The molecule has 0 atom stereocenters. The first-order chi connectivity index (χ1) is 13.6. The molecule has 0 aromatic carbocycles. The Labute approximate surface area is 163 Å². The summed E-state index contributed by atoms with van der Waals surface area (Å²) in [6, 6.07) is 5.05. The molecule has 2 aromatic heterocycles. The predicted molar refractivity (Wildman–Crippen MR) is 104 cm³/mol. The molecule has 150 valence electrons. The Morgan fingerprint density at radius 3 is 2.64 bits per heavy atom. The average molecular weight is 387 g/mol. The zero-order valence-corrected chi connectivity index (χ0v) is 16.1. The van der Waals surface area contributed by atoms with Crippen LogP contribution in [0.5, 0.6) is 5.88 Å². The van der Waals surface area contributed by atoms with E-state index in [1.165, 1.54) is 18.0 Å². The monoisotopic (exact) mass is 387 g/mol. The number of aromatic nitrogens is 3. The van der Waals surface area contributed by atoms with E-state index < -0.39 is 0 Å². The molecule has 1 amide bonds. The van der Waals surface area contributed by atoms with Crippen molar-refractivity contribution in [3.63, 3.8) is 0 Å². The summed E-state index contributed by atoms with van der Waals surface area (Å²) in [7, 11) is 3.13. The van der Waals surface area contributed by atoms with Crippen LogP contribution in [0.4, 0.5) is 5.69 Å². The molecule has 1 aliphatic heterocycles. The zero-order chi connectivity index (χ0) is 19.9. The van der Waals surface area contributed by atoms with Gasteiger partial charge < -0.3 is 19.7 Å². The second-order valence-electron chi connectivity index (χ2n) is 6.59. The third-order valence-electron chi connectivity index (χ3n) is 4.77. The largest absolute Gasteiger partial charge is 0.481 e. The fourth-order valence-corrected chi connectivity index (χ4v) is 3.13. The molecule has 1 fully saturated rings. The molecule has 0 saturated carbocycles. The van der Waals surface area contributed by atoms with Crippen LogP contribution < -0.4 is 20.5 Å². The Morgan fingerprint density at radius 2 is 2.04 bits per heavy atom. The van der Waals surface area contributed by atoms with E-state index in [1.54, 1.807) is 31.5 Å². The number of hydrogen-bond donors (Lipinski definition) is 1. The van der Waals surface area contributed by atoms with Gasteiger partial charge in [-0.15, -0.1) is 0 Å². The molecule has 0 bridgehead atoms. The van der Waals surface area contributed by atoms with Crippen molar-refractivity contribution in [3.8, 4) is 5.88 Å². The molecule has 28 heavy (non-hydrogen) atoms. The molecule has 2 aromatic rings. The Hall–Kier alpha value is -2.94. The van der Waals surface area contributed by atoms with E-state index in [0.29, 0.717) is 24.6 Å². The summed E-state index contributed by atoms with van der Waals surface area (Å²) >= 11 is 0. The number of carbonyl (C=O) groups is 1. The van der Waals surface area contributed by atoms with Gasteiger partial charge in [-0.1, -0.05) is 0 Å². The molecule has 1 saturated heterocycles. The number of ether oxygens (including phenoxy) is 2. The van der Waals surface area contributed by atoms with Gasteiger partial charge in [0.15, 0.2) is 0 Å². The molecule has 9 heteroatoms. The maximum atomic E-state index is 12.4. The van der Waals surface area contributed by atoms with Crippen LogP contribution in [-0.2, 0) is 11.3 Å². The van der Waals surface area contributed by atoms with Gasteiger partial charge in [0.2, 0.25) is 5.88 Å². The first-order valence-electron chi connectivity index (χ1n) is 9.22. The molecule has 0 radical (unpaired) electrons. The smallest absolute Gasteiger partial charge is 0.268 e. The van der Waals surface area contributed by atoms with E-state index in [0.717, 1.165) is 31.6 Å². The number of piperidine rings is 1. The maximum Gasteiger partial charge on any atom is 0.268 e. The Balaban J connectivity index is 1.53. The van der Waals surface area contributed by atoms with Crippen LogP contribution >= 0.6 is 0 Å². The van der Waals surface area contributed by atoms with Crippen molar-refractivity contribution in [2.75, 3.05) is 38.8 Å². The van der Waals surface area contributed by atoms with Gasteiger partial charge in [-0.25, -0.2) is 9.67 Å². The number of rotatable bonds is 7. The molecule has 1 N–H and O–H groups in total. The standard InChI is InChI=1S/C19H25N5O4/c1-27-10-9-24-18(25)11-16(13-21-24)23-7-5-15(6-8-23)22-19(26)14-3-4-17(28-2)20-12-14/h3-4,11-13,15H,5-10H2,1-2H3,(H,22,26). The van der Waals surface area contributed by atoms with Crippen molar-refractivity contribution in [1.82, 2.24) is 20.1 Å². The lowest BCUT2D eigenvalue weighted by Crippen LogP contribution is -2.45. The van der Waals surface area contributed by atoms with Crippen LogP contribution in [-0.4, -0.2) is 60.6 Å². The van der Waals surface area contributed by atoms with Crippen LogP contribution in [0.1, 0.15) is 23.2 Å². The van der Waals surface area contributed by atoms with Gasteiger partial charge in [-0.05, 0) is 18.9 Å². The summed E-state index contributed by atoms with van der Waals surface area (Å²) in [5.74, 6) is 0.332. The second-order valence-corrected chi connectivity index (χ2v) is 6.59. The number of amides is 1. The number of hydrogen-bond acceptors (Lipinski definition) is 7. The third-order valence-corrected chi connectivity index (χ3v) is 4.77. The highest BCUT2D eigenvalue weighted by Gasteiger charge is 2.22. The van der Waals surface area contributed by atoms with Crippen LogP contribution in [0.15, 0.2) is 35.4 Å². The fraction of sp³-hybridized carbons (Fsp3) is 0.474. The highest BCUT2D eigenvalue weighted by atomic mass is 16.5. The van der Waals surface area contributed by atoms with E-state index in [9.17, 15) is 9.59 Å². The topological polar surface area (TPSA) is 98.6 Å². The van der Waals surface area contributed by atoms with Gasteiger partial charge in [0.1, 0.15) is 0 Å². The van der Waals surface area contributed by atoms with Crippen molar-refractivity contribution in [2.45, 2.75) is 25.4 Å². The summed E-state index contributed by atoms with van der Waals surface area (Å²) in [5.41, 5.74) is 1.17. The normalized spacial score (nSPS) is 14.7. The Bertz CT molecular complexity index is 844. The molecule has 0 unspecified atom stereocenters. The van der Waals surface area contributed by atoms with E-state index in [2.05, 4.69) is 20.3 Å². The summed E-state index contributed by atoms with van der Waals surface area (Å²) in [6.07, 6.45) is 4.80. The fourth-order valence-electron chi connectivity index (χ4n) is 3.13. The molecular formula is C19H25N5O4. The zero-order valence-electron chi connectivity index (χ0n) is 16.1. The minimum absolute atomic E-state index is 0.0842. The van der Waals surface area contributed by atoms with E-state index in [1.807, 2.05) is 0 Å². The van der Waals surface area contributed by atoms with Crippen molar-refractivity contribution in [3.05, 3.63) is 46.5 Å². The van der Waals surface area contributed by atoms with Gasteiger partial charge in [-0.2, -0.15) is 5.10 Å². The van der Waals surface area contributed by atoms with Crippen LogP contribution in [0.25, 0.3) is 0 Å². The first kappa shape index (κ1) is 19.8. The molecule has 1 aliphatic rings. The molecule has 3 rings (SSSR count). The molecular weight excluding hydrogens is 362 g/mol. The molecule has 9 nitrogen and oxygen atoms in total. The van der Waals surface area contributed by atoms with Gasteiger partial charge in [0.25, 0.3) is 11.5 Å². The van der Waals surface area contributed by atoms with Gasteiger partial charge in [0.05, 0.1) is 37.7 Å². The lowest BCUT2D eigenvalue weighted by molar-refractivity contribution is 0.0930. The van der Waals surface area contributed by atoms with Gasteiger partial charge in [0, 0.05) is 44.6 Å². The molecule has 3 heterocycles. The minimum atomic E-state index is -0.143. The number of pyridine rings is 1. The summed E-state index contributed by atoms with van der Waals surface area (Å²) in [5, 5.41) is 7.25. The van der Waals surface area contributed by atoms with E-state index >= 15 is 0 Å². The average Bonchev–Trinajstić information content (AvgIpc) is 2.73. The number of carbonyl (C=O) groups excluding carboxylic acids is 1. The highest BCUT2D eigenvalue weighted by Crippen LogP contribution is 2.18.